The summed E-state index contributed by atoms with van der Waals surface area (Å²) in [5, 5.41) is 10.6. The van der Waals surface area contributed by atoms with Crippen LogP contribution in [0.25, 0.3) is 11.0 Å². The molecule has 1 saturated heterocycles. The molecule has 0 aliphatic carbocycles. The molecule has 6 heteroatoms. The summed E-state index contributed by atoms with van der Waals surface area (Å²) in [5.41, 5.74) is 2.56. The molecule has 1 fully saturated rings. The van der Waals surface area contributed by atoms with Crippen molar-refractivity contribution in [3.8, 4) is 5.75 Å². The maximum Gasteiger partial charge on any atom is 0.162 e. The molecular formula is C23H26N2O4. The lowest BCUT2D eigenvalue weighted by Crippen LogP contribution is -2.25. The number of rotatable bonds is 8. The molecule has 1 N–H and O–H groups in total. The van der Waals surface area contributed by atoms with Crippen LogP contribution in [0.5, 0.6) is 5.75 Å². The lowest BCUT2D eigenvalue weighted by Gasteiger charge is -2.18. The second kappa shape index (κ2) is 8.76. The Kier molecular flexibility index (Phi) is 5.92. The summed E-state index contributed by atoms with van der Waals surface area (Å²) in [4.78, 5) is 16.5. The molecule has 0 radical (unpaired) electrons. The average molecular weight is 394 g/mol. The number of fused-ring (bicyclic) bond motifs is 1. The molecule has 1 aliphatic heterocycles. The van der Waals surface area contributed by atoms with Crippen molar-refractivity contribution in [2.24, 2.45) is 0 Å². The molecule has 1 aliphatic rings. The molecule has 0 spiro atoms. The monoisotopic (exact) mass is 394 g/mol. The highest BCUT2D eigenvalue weighted by atomic mass is 16.5. The molecule has 0 saturated carbocycles. The molecule has 6 nitrogen and oxygen atoms in total. The van der Waals surface area contributed by atoms with Gasteiger partial charge < -0.3 is 19.1 Å². The Morgan fingerprint density at radius 2 is 2.07 bits per heavy atom. The fourth-order valence-electron chi connectivity index (χ4n) is 3.71. The van der Waals surface area contributed by atoms with Crippen LogP contribution in [-0.2, 0) is 11.3 Å². The molecule has 152 valence electrons. The molecule has 2 atom stereocenters. The van der Waals surface area contributed by atoms with Crippen molar-refractivity contribution in [2.45, 2.75) is 44.9 Å². The van der Waals surface area contributed by atoms with Gasteiger partial charge in [0.1, 0.15) is 30.4 Å². The van der Waals surface area contributed by atoms with E-state index in [4.69, 9.17) is 14.5 Å². The number of aliphatic hydroxyl groups is 1. The first-order chi connectivity index (χ1) is 14.2. The number of para-hydroxylation sites is 2. The van der Waals surface area contributed by atoms with Crippen molar-refractivity contribution in [2.75, 3.05) is 13.2 Å². The van der Waals surface area contributed by atoms with E-state index in [1.54, 1.807) is 24.3 Å². The average Bonchev–Trinajstić information content (AvgIpc) is 3.40. The second-order valence-corrected chi connectivity index (χ2v) is 7.34. The first-order valence-corrected chi connectivity index (χ1v) is 10.2. The highest BCUT2D eigenvalue weighted by molar-refractivity contribution is 5.95. The summed E-state index contributed by atoms with van der Waals surface area (Å²) < 4.78 is 13.6. The van der Waals surface area contributed by atoms with E-state index in [9.17, 15) is 9.90 Å². The van der Waals surface area contributed by atoms with Crippen molar-refractivity contribution in [1.82, 2.24) is 9.55 Å². The van der Waals surface area contributed by atoms with Gasteiger partial charge in [-0.25, -0.2) is 4.98 Å². The highest BCUT2D eigenvalue weighted by Crippen LogP contribution is 2.30. The number of ketones is 1. The van der Waals surface area contributed by atoms with Crippen LogP contribution in [0.2, 0.25) is 0 Å². The molecule has 0 amide bonds. The van der Waals surface area contributed by atoms with Crippen molar-refractivity contribution < 1.29 is 19.4 Å². The SMILES string of the molecule is CCC(=O)c1ccc(OCC(O)Cn2c(C3CCCO3)nc3ccccc32)cc1. The lowest BCUT2D eigenvalue weighted by molar-refractivity contribution is 0.0805. The van der Waals surface area contributed by atoms with Crippen LogP contribution in [-0.4, -0.2) is 39.8 Å². The molecule has 2 heterocycles. The van der Waals surface area contributed by atoms with Gasteiger partial charge in [-0.3, -0.25) is 4.79 Å². The van der Waals surface area contributed by atoms with Crippen molar-refractivity contribution in [3.05, 3.63) is 59.9 Å². The van der Waals surface area contributed by atoms with Crippen molar-refractivity contribution >= 4 is 16.8 Å². The summed E-state index contributed by atoms with van der Waals surface area (Å²) >= 11 is 0. The predicted octanol–water partition coefficient (Wildman–Crippen LogP) is 3.92. The number of ether oxygens (including phenoxy) is 2. The van der Waals surface area contributed by atoms with Crippen LogP contribution in [0.1, 0.15) is 48.5 Å². The van der Waals surface area contributed by atoms with E-state index >= 15 is 0 Å². The molecule has 29 heavy (non-hydrogen) atoms. The van der Waals surface area contributed by atoms with Gasteiger partial charge in [0.15, 0.2) is 5.78 Å². The molecular weight excluding hydrogens is 368 g/mol. The predicted molar refractivity (Wildman–Crippen MR) is 110 cm³/mol. The standard InChI is InChI=1S/C23H26N2O4/c1-2-21(27)16-9-11-18(12-10-16)29-15-17(26)14-25-20-7-4-3-6-19(20)24-23(25)22-8-5-13-28-22/h3-4,6-7,9-12,17,22,26H,2,5,8,13-15H2,1H3. The fraction of sp³-hybridized carbons (Fsp3) is 0.391. The van der Waals surface area contributed by atoms with Gasteiger partial charge in [0.2, 0.25) is 0 Å². The van der Waals surface area contributed by atoms with Gasteiger partial charge in [-0.15, -0.1) is 0 Å². The number of aromatic nitrogens is 2. The first-order valence-electron chi connectivity index (χ1n) is 10.2. The third kappa shape index (κ3) is 4.33. The second-order valence-electron chi connectivity index (χ2n) is 7.34. The summed E-state index contributed by atoms with van der Waals surface area (Å²) in [7, 11) is 0. The van der Waals surface area contributed by atoms with E-state index < -0.39 is 6.10 Å². The third-order valence-corrected chi connectivity index (χ3v) is 5.23. The van der Waals surface area contributed by atoms with E-state index in [1.165, 1.54) is 0 Å². The van der Waals surface area contributed by atoms with Gasteiger partial charge in [-0.1, -0.05) is 19.1 Å². The van der Waals surface area contributed by atoms with Gasteiger partial charge in [-0.2, -0.15) is 0 Å². The van der Waals surface area contributed by atoms with E-state index in [0.29, 0.717) is 24.3 Å². The summed E-state index contributed by atoms with van der Waals surface area (Å²) in [6, 6.07) is 15.0. The molecule has 2 aromatic carbocycles. The Morgan fingerprint density at radius 1 is 1.28 bits per heavy atom. The van der Waals surface area contributed by atoms with Crippen LogP contribution < -0.4 is 4.74 Å². The maximum atomic E-state index is 11.7. The minimum absolute atomic E-state index is 0.0286. The number of carbonyl (C=O) groups is 1. The van der Waals surface area contributed by atoms with E-state index in [2.05, 4.69) is 0 Å². The van der Waals surface area contributed by atoms with Crippen LogP contribution in [0.3, 0.4) is 0 Å². The zero-order chi connectivity index (χ0) is 20.2. The Labute approximate surface area is 170 Å². The summed E-state index contributed by atoms with van der Waals surface area (Å²) in [6.45, 7) is 3.12. The highest BCUT2D eigenvalue weighted by Gasteiger charge is 2.25. The van der Waals surface area contributed by atoms with E-state index in [1.807, 2.05) is 35.8 Å². The minimum atomic E-state index is -0.704. The first kappa shape index (κ1) is 19.6. The van der Waals surface area contributed by atoms with E-state index in [-0.39, 0.29) is 18.5 Å². The number of nitrogens with zero attached hydrogens (tertiary/aromatic N) is 2. The summed E-state index contributed by atoms with van der Waals surface area (Å²) in [5.74, 6) is 1.60. The molecule has 2 unspecified atom stereocenters. The smallest absolute Gasteiger partial charge is 0.162 e. The number of benzene rings is 2. The Morgan fingerprint density at radius 3 is 2.79 bits per heavy atom. The van der Waals surface area contributed by atoms with Gasteiger partial charge in [0.05, 0.1) is 17.6 Å². The van der Waals surface area contributed by atoms with Crippen LogP contribution >= 0.6 is 0 Å². The Hall–Kier alpha value is -2.70. The molecule has 3 aromatic rings. The lowest BCUT2D eigenvalue weighted by atomic mass is 10.1. The van der Waals surface area contributed by atoms with Gasteiger partial charge >= 0.3 is 0 Å². The van der Waals surface area contributed by atoms with Crippen molar-refractivity contribution in [3.63, 3.8) is 0 Å². The Balaban J connectivity index is 1.45. The Bertz CT molecular complexity index is 974. The van der Waals surface area contributed by atoms with Gasteiger partial charge in [-0.05, 0) is 49.2 Å². The molecule has 1 aromatic heterocycles. The number of imidazole rings is 1. The maximum absolute atomic E-state index is 11.7. The summed E-state index contributed by atoms with van der Waals surface area (Å²) in [6.07, 6.45) is 1.71. The number of hydrogen-bond acceptors (Lipinski definition) is 5. The molecule has 4 rings (SSSR count). The zero-order valence-electron chi connectivity index (χ0n) is 16.6. The van der Waals surface area contributed by atoms with Crippen LogP contribution in [0, 0.1) is 0 Å². The number of Topliss-reactive ketones (excluding diaryl/α,β-unsaturated/α-hetero) is 1. The van der Waals surface area contributed by atoms with Crippen molar-refractivity contribution in [1.29, 1.82) is 0 Å². The topological polar surface area (TPSA) is 73.6 Å². The third-order valence-electron chi connectivity index (χ3n) is 5.23. The fourth-order valence-corrected chi connectivity index (χ4v) is 3.71. The zero-order valence-corrected chi connectivity index (χ0v) is 16.6. The largest absolute Gasteiger partial charge is 0.491 e. The number of hydrogen-bond donors (Lipinski definition) is 1. The minimum Gasteiger partial charge on any atom is -0.491 e. The van der Waals surface area contributed by atoms with Crippen LogP contribution in [0.4, 0.5) is 0 Å². The van der Waals surface area contributed by atoms with Crippen LogP contribution in [0.15, 0.2) is 48.5 Å². The van der Waals surface area contributed by atoms with E-state index in [0.717, 1.165) is 36.3 Å². The van der Waals surface area contributed by atoms with Gasteiger partial charge in [0.25, 0.3) is 0 Å². The normalized spacial score (nSPS) is 17.5. The number of aliphatic hydroxyl groups excluding tert-OH is 1. The number of carbonyl (C=O) groups excluding carboxylic acids is 1. The quantitative estimate of drug-likeness (QED) is 0.586. The van der Waals surface area contributed by atoms with Gasteiger partial charge in [0, 0.05) is 18.6 Å². The molecule has 0 bridgehead atoms.